The summed E-state index contributed by atoms with van der Waals surface area (Å²) in [5.74, 6) is 2.96. The Kier molecular flexibility index (Phi) is 3.54. The quantitative estimate of drug-likeness (QED) is 0.790. The van der Waals surface area contributed by atoms with Gasteiger partial charge in [0.05, 0.1) is 6.61 Å². The molecule has 4 aliphatic carbocycles. The maximum atomic E-state index is 15.3. The Morgan fingerprint density at radius 3 is 2.83 bits per heavy atom. The highest BCUT2D eigenvalue weighted by atomic mass is 19.1. The molecule has 0 heterocycles. The fraction of sp³-hybridized carbons (Fsp3) is 0.850. The van der Waals surface area contributed by atoms with Gasteiger partial charge in [-0.05, 0) is 74.2 Å². The van der Waals surface area contributed by atoms with Crippen molar-refractivity contribution in [3.63, 3.8) is 0 Å². The molecule has 0 aliphatic heterocycles. The van der Waals surface area contributed by atoms with Gasteiger partial charge in [0.15, 0.2) is 5.78 Å². The second-order valence-electron chi connectivity index (χ2n) is 8.98. The van der Waals surface area contributed by atoms with Crippen LogP contribution >= 0.6 is 0 Å². The van der Waals surface area contributed by atoms with Gasteiger partial charge in [0, 0.05) is 11.8 Å². The molecule has 2 nitrogen and oxygen atoms in total. The molecule has 23 heavy (non-hydrogen) atoms. The van der Waals surface area contributed by atoms with Crippen LogP contribution in [0.25, 0.3) is 0 Å². The van der Waals surface area contributed by atoms with Crippen molar-refractivity contribution < 1.29 is 14.3 Å². The Morgan fingerprint density at radius 1 is 1.30 bits per heavy atom. The first kappa shape index (κ1) is 15.8. The second kappa shape index (κ2) is 5.15. The number of alkyl halides is 1. The van der Waals surface area contributed by atoms with E-state index < -0.39 is 5.67 Å². The Morgan fingerprint density at radius 2 is 2.09 bits per heavy atom. The van der Waals surface area contributed by atoms with Gasteiger partial charge in [-0.2, -0.15) is 0 Å². The van der Waals surface area contributed by atoms with Crippen molar-refractivity contribution in [3.8, 4) is 0 Å². The lowest BCUT2D eigenvalue weighted by Gasteiger charge is -2.56. The molecule has 0 bridgehead atoms. The Labute approximate surface area is 138 Å². The number of carbonyl (C=O) groups is 1. The van der Waals surface area contributed by atoms with Crippen LogP contribution in [0.5, 0.6) is 0 Å². The number of fused-ring (bicyclic) bond motifs is 5. The van der Waals surface area contributed by atoms with E-state index >= 15 is 4.39 Å². The van der Waals surface area contributed by atoms with Gasteiger partial charge >= 0.3 is 0 Å². The molecular formula is C20H29FO2. The van der Waals surface area contributed by atoms with Crippen molar-refractivity contribution in [2.24, 2.45) is 35.0 Å². The Bertz CT molecular complexity index is 556. The standard InChI is InChI=1S/C20H29FO2/c1-12-9-13-10-14(23)3-4-15(13)16-5-7-19(2)17(18(12)16)6-8-20(19,21)11-22/h10,12,15-18,22H,3-9,11H2,1-2H3/t12-,15+,16-,17-,18-,19+,20-/m1/s1. The summed E-state index contributed by atoms with van der Waals surface area (Å²) in [4.78, 5) is 11.8. The normalized spacial score (nSPS) is 52.4. The van der Waals surface area contributed by atoms with Crippen LogP contribution in [0.1, 0.15) is 58.8 Å². The molecule has 0 aromatic rings. The van der Waals surface area contributed by atoms with E-state index in [-0.39, 0.29) is 12.0 Å². The lowest BCUT2D eigenvalue weighted by Crippen LogP contribution is -2.54. The highest BCUT2D eigenvalue weighted by Crippen LogP contribution is 2.66. The third-order valence-corrected chi connectivity index (χ3v) is 8.16. The number of aliphatic hydroxyl groups is 1. The first-order chi connectivity index (χ1) is 10.9. The van der Waals surface area contributed by atoms with Crippen LogP contribution in [0.3, 0.4) is 0 Å². The van der Waals surface area contributed by atoms with E-state index in [0.29, 0.717) is 48.2 Å². The number of hydrogen-bond acceptors (Lipinski definition) is 2. The molecule has 128 valence electrons. The summed E-state index contributed by atoms with van der Waals surface area (Å²) in [6.07, 6.45) is 8.03. The number of carbonyl (C=O) groups excluding carboxylic acids is 1. The number of hydrogen-bond donors (Lipinski definition) is 1. The Hall–Kier alpha value is -0.700. The molecule has 0 unspecified atom stereocenters. The van der Waals surface area contributed by atoms with Crippen LogP contribution in [-0.4, -0.2) is 23.2 Å². The van der Waals surface area contributed by atoms with Gasteiger partial charge in [-0.1, -0.05) is 19.4 Å². The fourth-order valence-electron chi connectivity index (χ4n) is 6.93. The van der Waals surface area contributed by atoms with Crippen molar-refractivity contribution >= 4 is 5.78 Å². The third-order valence-electron chi connectivity index (χ3n) is 8.16. The van der Waals surface area contributed by atoms with E-state index in [2.05, 4.69) is 13.8 Å². The highest BCUT2D eigenvalue weighted by Gasteiger charge is 2.64. The van der Waals surface area contributed by atoms with Gasteiger partial charge in [-0.25, -0.2) is 4.39 Å². The molecule has 0 amide bonds. The third kappa shape index (κ3) is 2.04. The summed E-state index contributed by atoms with van der Waals surface area (Å²) in [5.41, 5.74) is -0.366. The fourth-order valence-corrected chi connectivity index (χ4v) is 6.93. The Balaban J connectivity index is 1.68. The van der Waals surface area contributed by atoms with Gasteiger partial charge in [0.25, 0.3) is 0 Å². The molecule has 0 spiro atoms. The predicted molar refractivity (Wildman–Crippen MR) is 87.6 cm³/mol. The molecule has 3 heteroatoms. The van der Waals surface area contributed by atoms with E-state index in [9.17, 15) is 9.90 Å². The first-order valence-corrected chi connectivity index (χ1v) is 9.43. The number of rotatable bonds is 1. The minimum Gasteiger partial charge on any atom is -0.393 e. The summed E-state index contributed by atoms with van der Waals surface area (Å²) < 4.78 is 15.3. The molecule has 3 saturated carbocycles. The van der Waals surface area contributed by atoms with Gasteiger partial charge in [0.2, 0.25) is 0 Å². The summed E-state index contributed by atoms with van der Waals surface area (Å²) in [6, 6.07) is 0. The molecule has 0 aromatic carbocycles. The molecule has 7 atom stereocenters. The highest BCUT2D eigenvalue weighted by molar-refractivity contribution is 5.91. The first-order valence-electron chi connectivity index (χ1n) is 9.43. The van der Waals surface area contributed by atoms with Gasteiger partial charge < -0.3 is 5.11 Å². The van der Waals surface area contributed by atoms with E-state index in [1.165, 1.54) is 5.57 Å². The lowest BCUT2D eigenvalue weighted by atomic mass is 9.48. The zero-order chi connectivity index (χ0) is 16.4. The average molecular weight is 320 g/mol. The van der Waals surface area contributed by atoms with Gasteiger partial charge in [-0.15, -0.1) is 0 Å². The molecule has 4 aliphatic rings. The van der Waals surface area contributed by atoms with Crippen LogP contribution in [0.4, 0.5) is 4.39 Å². The van der Waals surface area contributed by atoms with Crippen LogP contribution < -0.4 is 0 Å². The number of halogens is 1. The number of ketones is 1. The number of aliphatic hydroxyl groups excluding tert-OH is 1. The van der Waals surface area contributed by atoms with Crippen molar-refractivity contribution in [2.75, 3.05) is 6.61 Å². The number of allylic oxidation sites excluding steroid dienone is 1. The maximum Gasteiger partial charge on any atom is 0.155 e. The van der Waals surface area contributed by atoms with Crippen molar-refractivity contribution in [1.29, 1.82) is 0 Å². The molecule has 0 aromatic heterocycles. The monoisotopic (exact) mass is 320 g/mol. The van der Waals surface area contributed by atoms with E-state index in [1.54, 1.807) is 0 Å². The average Bonchev–Trinajstić information content (AvgIpc) is 2.79. The van der Waals surface area contributed by atoms with E-state index in [1.807, 2.05) is 6.08 Å². The predicted octanol–water partition coefficient (Wildman–Crippen LogP) is 4.07. The van der Waals surface area contributed by atoms with Crippen LogP contribution in [-0.2, 0) is 4.79 Å². The minimum atomic E-state index is -1.39. The molecule has 0 saturated heterocycles. The second-order valence-corrected chi connectivity index (χ2v) is 8.98. The van der Waals surface area contributed by atoms with Gasteiger partial charge in [-0.3, -0.25) is 4.79 Å². The largest absolute Gasteiger partial charge is 0.393 e. The molecule has 3 fully saturated rings. The van der Waals surface area contributed by atoms with Crippen molar-refractivity contribution in [3.05, 3.63) is 11.6 Å². The minimum absolute atomic E-state index is 0.298. The maximum absolute atomic E-state index is 15.3. The van der Waals surface area contributed by atoms with Gasteiger partial charge in [0.1, 0.15) is 5.67 Å². The van der Waals surface area contributed by atoms with E-state index in [4.69, 9.17) is 0 Å². The zero-order valence-electron chi connectivity index (χ0n) is 14.4. The topological polar surface area (TPSA) is 37.3 Å². The van der Waals surface area contributed by atoms with E-state index in [0.717, 1.165) is 32.1 Å². The van der Waals surface area contributed by atoms with Crippen LogP contribution in [0, 0.1) is 35.0 Å². The molecule has 0 radical (unpaired) electrons. The van der Waals surface area contributed by atoms with Crippen molar-refractivity contribution in [2.45, 2.75) is 64.5 Å². The molecule has 4 rings (SSSR count). The summed E-state index contributed by atoms with van der Waals surface area (Å²) in [5, 5.41) is 9.69. The van der Waals surface area contributed by atoms with Crippen LogP contribution in [0.15, 0.2) is 11.6 Å². The zero-order valence-corrected chi connectivity index (χ0v) is 14.4. The molecular weight excluding hydrogens is 291 g/mol. The smallest absolute Gasteiger partial charge is 0.155 e. The lowest BCUT2D eigenvalue weighted by molar-refractivity contribution is -0.118. The summed E-state index contributed by atoms with van der Waals surface area (Å²) in [7, 11) is 0. The summed E-state index contributed by atoms with van der Waals surface area (Å²) in [6.45, 7) is 4.07. The summed E-state index contributed by atoms with van der Waals surface area (Å²) >= 11 is 0. The van der Waals surface area contributed by atoms with Crippen molar-refractivity contribution in [1.82, 2.24) is 0 Å². The molecule has 1 N–H and O–H groups in total. The SMILES string of the molecule is C[C@@H]1CC2=CC(=O)CC[C@@H]2[C@H]2CC[C@@]3(C)[C@H](CC[C@@]3(F)CO)[C@@H]21. The van der Waals surface area contributed by atoms with Crippen LogP contribution in [0.2, 0.25) is 0 Å².